The Labute approximate surface area is 249 Å². The monoisotopic (exact) mass is 611 g/mol. The predicted molar refractivity (Wildman–Crippen MR) is 150 cm³/mol. The van der Waals surface area contributed by atoms with Crippen molar-refractivity contribution >= 4 is 8.78 Å². The van der Waals surface area contributed by atoms with E-state index in [4.69, 9.17) is 0 Å². The summed E-state index contributed by atoms with van der Waals surface area (Å²) in [4.78, 5) is 0. The summed E-state index contributed by atoms with van der Waals surface area (Å²) < 4.78 is 2.63. The van der Waals surface area contributed by atoms with Crippen LogP contribution < -0.4 is 24.8 Å². The van der Waals surface area contributed by atoms with Crippen molar-refractivity contribution in [2.45, 2.75) is 108 Å². The first kappa shape index (κ1) is 30.8. The van der Waals surface area contributed by atoms with Gasteiger partial charge in [-0.3, -0.25) is 0 Å². The molecule has 0 saturated heterocycles. The second-order valence-corrected chi connectivity index (χ2v) is 16.8. The van der Waals surface area contributed by atoms with Crippen molar-refractivity contribution in [1.29, 1.82) is 0 Å². The predicted octanol–water partition coefficient (Wildman–Crippen LogP) is 3.70. The molecule has 0 spiro atoms. The van der Waals surface area contributed by atoms with Crippen molar-refractivity contribution in [3.8, 4) is 11.1 Å². The summed E-state index contributed by atoms with van der Waals surface area (Å²) in [5, 5.41) is 0. The van der Waals surface area contributed by atoms with E-state index < -0.39 is 22.8 Å². The number of rotatable bonds is 3. The fraction of sp³-hybridized carbons (Fsp3) is 0.500. The van der Waals surface area contributed by atoms with Crippen LogP contribution in [0.2, 0.25) is 0 Å². The quantitative estimate of drug-likeness (QED) is 0.496. The molecule has 3 heteroatoms. The number of hydrogen-bond acceptors (Lipinski definition) is 0. The molecule has 1 atom stereocenters. The Hall–Kier alpha value is -0.747. The zero-order chi connectivity index (χ0) is 25.0. The molecule has 0 nitrogen and oxygen atoms in total. The summed E-state index contributed by atoms with van der Waals surface area (Å²) in [6.07, 6.45) is 14.1. The van der Waals surface area contributed by atoms with Crippen molar-refractivity contribution in [3.05, 3.63) is 75.9 Å². The molecule has 0 radical (unpaired) electrons. The van der Waals surface area contributed by atoms with Crippen LogP contribution in [-0.4, -0.2) is 3.21 Å². The molecule has 2 aromatic carbocycles. The van der Waals surface area contributed by atoms with Crippen LogP contribution in [0.1, 0.15) is 125 Å². The molecule has 197 valence electrons. The molecule has 0 amide bonds. The van der Waals surface area contributed by atoms with Crippen LogP contribution in [0.5, 0.6) is 0 Å². The molecule has 0 heterocycles. The zero-order valence-corrected chi connectivity index (χ0v) is 27.8. The Balaban J connectivity index is 0.00000190. The minimum atomic E-state index is -0.757. The standard InChI is InChI=1S/C28H33.C6H10.2ClH.Zr/c1-8-18-10-9-11-22(18)26-24-17-19-16-20(27(2,3)4)12-13-21(19)23(24)14-15-25(26)28(5,6)7;1-2-4-6-5-3-1;;;/h9-10,12-17H,8,11H2,1-7H3;1-5H2;2*1H;/q;;;;+2/p-2. The summed E-state index contributed by atoms with van der Waals surface area (Å²) in [5.74, 6) is 0. The largest absolute Gasteiger partial charge is 1.00 e. The Bertz CT molecular complexity index is 1240. The van der Waals surface area contributed by atoms with Gasteiger partial charge >= 0.3 is 226 Å². The molecule has 0 bridgehead atoms. The summed E-state index contributed by atoms with van der Waals surface area (Å²) in [5.41, 5.74) is 14.6. The maximum Gasteiger partial charge on any atom is -1.00 e. The number of allylic oxidation sites excluding steroid dienone is 4. The third-order valence-electron chi connectivity index (χ3n) is 8.38. The second-order valence-electron chi connectivity index (χ2n) is 13.0. The normalized spacial score (nSPS) is 18.7. The average molecular weight is 614 g/mol. The SMILES string of the molecule is CCC1=C(c2c(C(C)(C)C)ccc3c2[CH]([Zr+2]=[C]2CCCCC2)c2cc(C(C)(C)C)ccc2-3)CC=C1.[Cl-].[Cl-]. The molecule has 3 aliphatic rings. The minimum absolute atomic E-state index is 0. The van der Waals surface area contributed by atoms with E-state index in [2.05, 4.69) is 91.0 Å². The van der Waals surface area contributed by atoms with Gasteiger partial charge < -0.3 is 24.8 Å². The van der Waals surface area contributed by atoms with Gasteiger partial charge in [0.25, 0.3) is 0 Å². The van der Waals surface area contributed by atoms with Crippen LogP contribution in [0, 0.1) is 0 Å². The van der Waals surface area contributed by atoms with E-state index in [1.165, 1.54) is 43.2 Å². The van der Waals surface area contributed by atoms with Gasteiger partial charge in [-0.05, 0) is 0 Å². The molecule has 37 heavy (non-hydrogen) atoms. The topological polar surface area (TPSA) is 0 Å². The van der Waals surface area contributed by atoms with Gasteiger partial charge in [-0.2, -0.15) is 0 Å². The third kappa shape index (κ3) is 5.90. The molecule has 2 aromatic rings. The number of benzene rings is 2. The molecule has 5 rings (SSSR count). The van der Waals surface area contributed by atoms with E-state index in [0.717, 1.165) is 12.8 Å². The molecule has 0 N–H and O–H groups in total. The summed E-state index contributed by atoms with van der Waals surface area (Å²) in [7, 11) is 0. The third-order valence-corrected chi connectivity index (χ3v) is 12.8. The maximum atomic E-state index is 2.62. The fourth-order valence-corrected chi connectivity index (χ4v) is 11.0. The van der Waals surface area contributed by atoms with Crippen LogP contribution >= 0.6 is 0 Å². The molecule has 0 aromatic heterocycles. The van der Waals surface area contributed by atoms with E-state index in [-0.39, 0.29) is 35.6 Å². The number of halogens is 2. The maximum absolute atomic E-state index is 2.62. The molecule has 3 aliphatic carbocycles. The van der Waals surface area contributed by atoms with Crippen molar-refractivity contribution < 1.29 is 47.6 Å². The van der Waals surface area contributed by atoms with Crippen molar-refractivity contribution in [1.82, 2.24) is 0 Å². The van der Waals surface area contributed by atoms with E-state index in [0.29, 0.717) is 3.63 Å². The van der Waals surface area contributed by atoms with Crippen molar-refractivity contribution in [3.63, 3.8) is 0 Å². The van der Waals surface area contributed by atoms with Crippen LogP contribution in [0.3, 0.4) is 0 Å². The average Bonchev–Trinajstić information content (AvgIpc) is 3.41. The van der Waals surface area contributed by atoms with E-state index in [9.17, 15) is 0 Å². The van der Waals surface area contributed by atoms with Gasteiger partial charge in [-0.1, -0.05) is 0 Å². The van der Waals surface area contributed by atoms with E-state index in [1.807, 2.05) is 3.21 Å². The Morgan fingerprint density at radius 2 is 1.51 bits per heavy atom. The zero-order valence-electron chi connectivity index (χ0n) is 23.8. The van der Waals surface area contributed by atoms with E-state index in [1.54, 1.807) is 39.0 Å². The molecule has 1 fully saturated rings. The van der Waals surface area contributed by atoms with Crippen molar-refractivity contribution in [2.24, 2.45) is 0 Å². The fourth-order valence-electron chi connectivity index (χ4n) is 6.39. The number of fused-ring (bicyclic) bond motifs is 3. The Morgan fingerprint density at radius 3 is 2.14 bits per heavy atom. The summed E-state index contributed by atoms with van der Waals surface area (Å²) >= 11 is -0.757. The summed E-state index contributed by atoms with van der Waals surface area (Å²) in [6.45, 7) is 16.7. The van der Waals surface area contributed by atoms with Crippen LogP contribution in [0.4, 0.5) is 0 Å². The first-order valence-electron chi connectivity index (χ1n) is 13.9. The van der Waals surface area contributed by atoms with Crippen LogP contribution in [0.25, 0.3) is 16.7 Å². The Kier molecular flexibility index (Phi) is 9.80. The van der Waals surface area contributed by atoms with Gasteiger partial charge in [0.1, 0.15) is 0 Å². The van der Waals surface area contributed by atoms with Crippen molar-refractivity contribution in [2.75, 3.05) is 0 Å². The van der Waals surface area contributed by atoms with Gasteiger partial charge in [-0.25, -0.2) is 0 Å². The smallest absolute Gasteiger partial charge is 1.00 e. The Morgan fingerprint density at radius 1 is 0.838 bits per heavy atom. The molecule has 1 saturated carbocycles. The summed E-state index contributed by atoms with van der Waals surface area (Å²) in [6, 6.07) is 12.5. The van der Waals surface area contributed by atoms with Crippen LogP contribution in [-0.2, 0) is 33.6 Å². The van der Waals surface area contributed by atoms with Gasteiger partial charge in [0.05, 0.1) is 0 Å². The molecule has 1 unspecified atom stereocenters. The van der Waals surface area contributed by atoms with Gasteiger partial charge in [0.15, 0.2) is 0 Å². The van der Waals surface area contributed by atoms with Gasteiger partial charge in [-0.15, -0.1) is 0 Å². The molecule has 0 aliphatic heterocycles. The second kappa shape index (κ2) is 11.8. The van der Waals surface area contributed by atoms with Gasteiger partial charge in [0.2, 0.25) is 0 Å². The molecular weight excluding hydrogens is 571 g/mol. The van der Waals surface area contributed by atoms with Gasteiger partial charge in [0, 0.05) is 0 Å². The first-order valence-corrected chi connectivity index (χ1v) is 16.6. The first-order chi connectivity index (χ1) is 16.6. The number of hydrogen-bond donors (Lipinski definition) is 0. The van der Waals surface area contributed by atoms with E-state index >= 15 is 0 Å². The van der Waals surface area contributed by atoms with Crippen LogP contribution in [0.15, 0.2) is 48.1 Å². The molecular formula is C34H43Cl2Zr. The minimum Gasteiger partial charge on any atom is -1.00 e.